The molecule has 4 nitrogen and oxygen atoms in total. The SMILES string of the molecule is CCOCCN(CC)c1cc(CNC(C)C)ccn1. The average Bonchev–Trinajstić information content (AvgIpc) is 2.42. The van der Waals surface area contributed by atoms with E-state index in [1.54, 1.807) is 0 Å². The first-order valence-electron chi connectivity index (χ1n) is 7.18. The molecule has 0 atom stereocenters. The molecule has 0 spiro atoms. The second kappa shape index (κ2) is 8.88. The predicted octanol–water partition coefficient (Wildman–Crippen LogP) is 2.44. The molecule has 108 valence electrons. The number of ether oxygens (including phenoxy) is 1. The topological polar surface area (TPSA) is 37.4 Å². The number of rotatable bonds is 9. The van der Waals surface area contributed by atoms with Crippen LogP contribution in [0.4, 0.5) is 5.82 Å². The van der Waals surface area contributed by atoms with Gasteiger partial charge in [-0.3, -0.25) is 0 Å². The number of pyridine rings is 1. The maximum Gasteiger partial charge on any atom is 0.128 e. The van der Waals surface area contributed by atoms with Gasteiger partial charge in [0.2, 0.25) is 0 Å². The molecule has 0 aliphatic carbocycles. The Morgan fingerprint density at radius 1 is 1.37 bits per heavy atom. The van der Waals surface area contributed by atoms with Crippen molar-refractivity contribution in [1.29, 1.82) is 0 Å². The molecule has 1 heterocycles. The van der Waals surface area contributed by atoms with Crippen LogP contribution in [-0.4, -0.2) is 37.3 Å². The van der Waals surface area contributed by atoms with Gasteiger partial charge in [0.1, 0.15) is 5.82 Å². The number of nitrogens with zero attached hydrogens (tertiary/aromatic N) is 2. The van der Waals surface area contributed by atoms with Gasteiger partial charge in [-0.1, -0.05) is 13.8 Å². The molecule has 1 aromatic rings. The minimum atomic E-state index is 0.497. The van der Waals surface area contributed by atoms with Gasteiger partial charge in [-0.2, -0.15) is 0 Å². The highest BCUT2D eigenvalue weighted by Gasteiger charge is 2.06. The Morgan fingerprint density at radius 2 is 2.16 bits per heavy atom. The second-order valence-corrected chi connectivity index (χ2v) is 4.83. The molecule has 0 saturated heterocycles. The molecule has 4 heteroatoms. The average molecular weight is 265 g/mol. The van der Waals surface area contributed by atoms with Gasteiger partial charge in [0, 0.05) is 38.5 Å². The van der Waals surface area contributed by atoms with Crippen molar-refractivity contribution < 1.29 is 4.74 Å². The van der Waals surface area contributed by atoms with Gasteiger partial charge in [-0.05, 0) is 31.5 Å². The zero-order valence-electron chi connectivity index (χ0n) is 12.6. The van der Waals surface area contributed by atoms with E-state index in [0.29, 0.717) is 6.04 Å². The molecule has 1 rings (SSSR count). The van der Waals surface area contributed by atoms with Gasteiger partial charge in [0.25, 0.3) is 0 Å². The van der Waals surface area contributed by atoms with Gasteiger partial charge in [-0.25, -0.2) is 4.98 Å². The molecule has 0 aliphatic rings. The Morgan fingerprint density at radius 3 is 2.79 bits per heavy atom. The summed E-state index contributed by atoms with van der Waals surface area (Å²) in [5.41, 5.74) is 1.27. The summed E-state index contributed by atoms with van der Waals surface area (Å²) in [5, 5.41) is 3.43. The van der Waals surface area contributed by atoms with Crippen molar-refractivity contribution in [3.05, 3.63) is 23.9 Å². The zero-order valence-corrected chi connectivity index (χ0v) is 12.6. The molecule has 1 N–H and O–H groups in total. The van der Waals surface area contributed by atoms with E-state index in [2.05, 4.69) is 48.1 Å². The molecular weight excluding hydrogens is 238 g/mol. The molecule has 0 fully saturated rings. The van der Waals surface area contributed by atoms with Gasteiger partial charge < -0.3 is 15.0 Å². The lowest BCUT2D eigenvalue weighted by Crippen LogP contribution is -2.28. The summed E-state index contributed by atoms with van der Waals surface area (Å²) < 4.78 is 5.41. The van der Waals surface area contributed by atoms with E-state index in [9.17, 15) is 0 Å². The van der Waals surface area contributed by atoms with Crippen LogP contribution in [0.5, 0.6) is 0 Å². The molecule has 0 amide bonds. The Hall–Kier alpha value is -1.13. The van der Waals surface area contributed by atoms with Crippen molar-refractivity contribution in [2.75, 3.05) is 31.2 Å². The van der Waals surface area contributed by atoms with Crippen LogP contribution in [0.1, 0.15) is 33.3 Å². The van der Waals surface area contributed by atoms with Crippen molar-refractivity contribution in [2.45, 2.75) is 40.3 Å². The first-order chi connectivity index (χ1) is 9.17. The summed E-state index contributed by atoms with van der Waals surface area (Å²) in [6, 6.07) is 4.72. The maximum absolute atomic E-state index is 5.41. The first kappa shape index (κ1) is 15.9. The van der Waals surface area contributed by atoms with Crippen molar-refractivity contribution in [1.82, 2.24) is 10.3 Å². The van der Waals surface area contributed by atoms with E-state index >= 15 is 0 Å². The molecule has 0 aromatic carbocycles. The molecule has 0 aliphatic heterocycles. The third-order valence-corrected chi connectivity index (χ3v) is 2.94. The van der Waals surface area contributed by atoms with E-state index in [1.165, 1.54) is 5.56 Å². The largest absolute Gasteiger partial charge is 0.380 e. The molecule has 19 heavy (non-hydrogen) atoms. The molecule has 0 saturated carbocycles. The number of aromatic nitrogens is 1. The standard InChI is InChI=1S/C15H27N3O/c1-5-18(9-10-19-6-2)15-11-14(7-8-16-15)12-17-13(3)4/h7-8,11,13,17H,5-6,9-10,12H2,1-4H3. The normalized spacial score (nSPS) is 11.0. The van der Waals surface area contributed by atoms with Crippen LogP contribution < -0.4 is 10.2 Å². The number of likely N-dealkylation sites (N-methyl/N-ethyl adjacent to an activating group) is 1. The van der Waals surface area contributed by atoms with Crippen molar-refractivity contribution in [2.24, 2.45) is 0 Å². The van der Waals surface area contributed by atoms with E-state index in [1.807, 2.05) is 13.1 Å². The van der Waals surface area contributed by atoms with Crippen LogP contribution in [0.15, 0.2) is 18.3 Å². The maximum atomic E-state index is 5.41. The van der Waals surface area contributed by atoms with Gasteiger partial charge in [0.05, 0.1) is 6.61 Å². The number of anilines is 1. The summed E-state index contributed by atoms with van der Waals surface area (Å²) in [4.78, 5) is 6.70. The van der Waals surface area contributed by atoms with E-state index in [-0.39, 0.29) is 0 Å². The quantitative estimate of drug-likeness (QED) is 0.696. The summed E-state index contributed by atoms with van der Waals surface area (Å²) in [6.07, 6.45) is 1.88. The number of hydrogen-bond donors (Lipinski definition) is 1. The highest BCUT2D eigenvalue weighted by atomic mass is 16.5. The number of nitrogens with one attached hydrogen (secondary N) is 1. The lowest BCUT2D eigenvalue weighted by Gasteiger charge is -2.22. The third kappa shape index (κ3) is 6.03. The summed E-state index contributed by atoms with van der Waals surface area (Å²) in [5.74, 6) is 1.03. The van der Waals surface area contributed by atoms with Crippen molar-refractivity contribution in [3.8, 4) is 0 Å². The summed E-state index contributed by atoms with van der Waals surface area (Å²) in [7, 11) is 0. The lowest BCUT2D eigenvalue weighted by atomic mass is 10.2. The van der Waals surface area contributed by atoms with Crippen LogP contribution >= 0.6 is 0 Å². The fraction of sp³-hybridized carbons (Fsp3) is 0.667. The van der Waals surface area contributed by atoms with Crippen LogP contribution in [-0.2, 0) is 11.3 Å². The minimum Gasteiger partial charge on any atom is -0.380 e. The first-order valence-corrected chi connectivity index (χ1v) is 7.18. The van der Waals surface area contributed by atoms with Crippen LogP contribution in [0.25, 0.3) is 0 Å². The van der Waals surface area contributed by atoms with E-state index in [4.69, 9.17) is 4.74 Å². The monoisotopic (exact) mass is 265 g/mol. The van der Waals surface area contributed by atoms with Gasteiger partial charge in [0.15, 0.2) is 0 Å². The van der Waals surface area contributed by atoms with Gasteiger partial charge in [-0.15, -0.1) is 0 Å². The predicted molar refractivity (Wildman–Crippen MR) is 80.6 cm³/mol. The zero-order chi connectivity index (χ0) is 14.1. The molecule has 1 aromatic heterocycles. The van der Waals surface area contributed by atoms with Crippen LogP contribution in [0, 0.1) is 0 Å². The molecule has 0 unspecified atom stereocenters. The molecule has 0 radical (unpaired) electrons. The van der Waals surface area contributed by atoms with Crippen LogP contribution in [0.3, 0.4) is 0 Å². The highest BCUT2D eigenvalue weighted by molar-refractivity contribution is 5.40. The molecule has 0 bridgehead atoms. The second-order valence-electron chi connectivity index (χ2n) is 4.83. The van der Waals surface area contributed by atoms with E-state index < -0.39 is 0 Å². The van der Waals surface area contributed by atoms with Crippen molar-refractivity contribution in [3.63, 3.8) is 0 Å². The molecular formula is C15H27N3O. The lowest BCUT2D eigenvalue weighted by molar-refractivity contribution is 0.154. The summed E-state index contributed by atoms with van der Waals surface area (Å²) in [6.45, 7) is 12.7. The third-order valence-electron chi connectivity index (χ3n) is 2.94. The minimum absolute atomic E-state index is 0.497. The fourth-order valence-electron chi connectivity index (χ4n) is 1.82. The Balaban J connectivity index is 2.61. The van der Waals surface area contributed by atoms with E-state index in [0.717, 1.165) is 38.7 Å². The van der Waals surface area contributed by atoms with Crippen LogP contribution in [0.2, 0.25) is 0 Å². The Labute approximate surface area is 117 Å². The smallest absolute Gasteiger partial charge is 0.128 e. The van der Waals surface area contributed by atoms with Crippen molar-refractivity contribution >= 4 is 5.82 Å². The Kier molecular flexibility index (Phi) is 7.45. The van der Waals surface area contributed by atoms with Gasteiger partial charge >= 0.3 is 0 Å². The fourth-order valence-corrected chi connectivity index (χ4v) is 1.82. The Bertz CT molecular complexity index is 355. The highest BCUT2D eigenvalue weighted by Crippen LogP contribution is 2.12. The number of hydrogen-bond acceptors (Lipinski definition) is 4. The summed E-state index contributed by atoms with van der Waals surface area (Å²) >= 11 is 0.